The van der Waals surface area contributed by atoms with E-state index >= 15 is 0 Å². The molecule has 7 nitrogen and oxygen atoms in total. The number of nitrogens with two attached hydrogens (primary N) is 1. The number of anilines is 1. The van der Waals surface area contributed by atoms with Crippen molar-refractivity contribution < 1.29 is 14.3 Å². The number of amides is 1. The fourth-order valence-electron chi connectivity index (χ4n) is 2.99. The molecule has 1 amide bonds. The molecule has 0 fully saturated rings. The lowest BCUT2D eigenvalue weighted by Gasteiger charge is -2.26. The number of carbonyl (C=O) groups excluding carboxylic acids is 1. The van der Waals surface area contributed by atoms with Crippen LogP contribution in [0, 0.1) is 17.2 Å². The van der Waals surface area contributed by atoms with Crippen molar-refractivity contribution in [1.29, 1.82) is 5.26 Å². The van der Waals surface area contributed by atoms with Crippen LogP contribution in [0.3, 0.4) is 0 Å². The van der Waals surface area contributed by atoms with Gasteiger partial charge in [0.25, 0.3) is 0 Å². The molecular weight excluding hydrogens is 356 g/mol. The second-order valence-electron chi connectivity index (χ2n) is 7.41. The average molecular weight is 382 g/mol. The number of ether oxygens (including phenoxy) is 2. The van der Waals surface area contributed by atoms with Crippen molar-refractivity contribution in [2.75, 3.05) is 19.0 Å². The highest BCUT2D eigenvalue weighted by Crippen LogP contribution is 2.28. The van der Waals surface area contributed by atoms with Gasteiger partial charge >= 0.3 is 6.09 Å². The Morgan fingerprint density at radius 2 is 2.04 bits per heavy atom. The first-order chi connectivity index (χ1) is 13.2. The van der Waals surface area contributed by atoms with Crippen LogP contribution in [0.15, 0.2) is 36.5 Å². The monoisotopic (exact) mass is 382 g/mol. The van der Waals surface area contributed by atoms with Gasteiger partial charge in [-0.2, -0.15) is 5.26 Å². The van der Waals surface area contributed by atoms with E-state index in [1.807, 2.05) is 13.0 Å². The van der Waals surface area contributed by atoms with Crippen LogP contribution in [0.4, 0.5) is 10.6 Å². The summed E-state index contributed by atoms with van der Waals surface area (Å²) in [6.45, 7) is 6.49. The summed E-state index contributed by atoms with van der Waals surface area (Å²) in [4.78, 5) is 15.4. The number of aromatic nitrogens is 1. The first-order valence-corrected chi connectivity index (χ1v) is 9.01. The molecule has 1 heterocycles. The zero-order chi connectivity index (χ0) is 20.7. The second kappa shape index (κ2) is 9.20. The van der Waals surface area contributed by atoms with E-state index < -0.39 is 11.6 Å². The van der Waals surface area contributed by atoms with Crippen LogP contribution in [0.2, 0.25) is 0 Å². The minimum absolute atomic E-state index is 0.321. The molecule has 3 N–H and O–H groups in total. The number of nitriles is 1. The molecule has 2 rings (SSSR count). The summed E-state index contributed by atoms with van der Waals surface area (Å²) >= 11 is 0. The predicted molar refractivity (Wildman–Crippen MR) is 108 cm³/mol. The first-order valence-electron chi connectivity index (χ1n) is 9.01. The molecule has 0 aliphatic heterocycles. The molecule has 0 aliphatic rings. The minimum atomic E-state index is -0.600. The third-order valence-corrected chi connectivity index (χ3v) is 4.04. The lowest BCUT2D eigenvalue weighted by molar-refractivity contribution is 0.187. The summed E-state index contributed by atoms with van der Waals surface area (Å²) in [5, 5.41) is 12.0. The lowest BCUT2D eigenvalue weighted by Crippen LogP contribution is -2.43. The topological polar surface area (TPSA) is 110 Å². The molecule has 1 aromatic heterocycles. The van der Waals surface area contributed by atoms with E-state index in [0.29, 0.717) is 29.7 Å². The maximum atomic E-state index is 11.4. The Labute approximate surface area is 165 Å². The molecule has 7 heteroatoms. The normalized spacial score (nSPS) is 12.8. The number of rotatable bonds is 7. The molecule has 148 valence electrons. The number of carbonyl (C=O) groups is 1. The number of nitrogens with one attached hydrogen (secondary N) is 1. The Balaban J connectivity index is 2.20. The van der Waals surface area contributed by atoms with Gasteiger partial charge in [0.15, 0.2) is 0 Å². The van der Waals surface area contributed by atoms with Gasteiger partial charge in [0, 0.05) is 11.7 Å². The zero-order valence-electron chi connectivity index (χ0n) is 16.7. The molecule has 0 aliphatic carbocycles. The quantitative estimate of drug-likeness (QED) is 0.750. The van der Waals surface area contributed by atoms with Crippen LogP contribution in [0.25, 0.3) is 11.1 Å². The van der Waals surface area contributed by atoms with E-state index in [-0.39, 0.29) is 0 Å². The highest BCUT2D eigenvalue weighted by Gasteiger charge is 2.21. The molecule has 28 heavy (non-hydrogen) atoms. The van der Waals surface area contributed by atoms with E-state index in [9.17, 15) is 10.1 Å². The summed E-state index contributed by atoms with van der Waals surface area (Å²) in [5.74, 6) is 1.31. The van der Waals surface area contributed by atoms with Crippen LogP contribution in [0.5, 0.6) is 5.75 Å². The maximum Gasteiger partial charge on any atom is 0.412 e. The first kappa shape index (κ1) is 21.2. The van der Waals surface area contributed by atoms with Crippen molar-refractivity contribution in [3.05, 3.63) is 42.1 Å². The van der Waals surface area contributed by atoms with Gasteiger partial charge in [0.1, 0.15) is 24.2 Å². The number of benzene rings is 1. The van der Waals surface area contributed by atoms with E-state index in [1.165, 1.54) is 7.11 Å². The fourth-order valence-corrected chi connectivity index (χ4v) is 2.99. The number of methoxy groups -OCH3 is 1. The summed E-state index contributed by atoms with van der Waals surface area (Å²) in [6.07, 6.45) is 1.79. The van der Waals surface area contributed by atoms with Gasteiger partial charge in [0.05, 0.1) is 12.7 Å². The maximum absolute atomic E-state index is 11.4. The van der Waals surface area contributed by atoms with Crippen molar-refractivity contribution in [1.82, 2.24) is 4.98 Å². The Morgan fingerprint density at radius 1 is 1.32 bits per heavy atom. The van der Waals surface area contributed by atoms with E-state index in [4.69, 9.17) is 10.5 Å². The average Bonchev–Trinajstić information content (AvgIpc) is 2.65. The molecule has 1 atom stereocenters. The summed E-state index contributed by atoms with van der Waals surface area (Å²) in [6, 6.07) is 11.0. The van der Waals surface area contributed by atoms with Crippen LogP contribution >= 0.6 is 0 Å². The van der Waals surface area contributed by atoms with Crippen LogP contribution in [-0.2, 0) is 4.74 Å². The molecule has 0 spiro atoms. The lowest BCUT2D eigenvalue weighted by atomic mass is 9.93. The Bertz CT molecular complexity index is 872. The van der Waals surface area contributed by atoms with Crippen molar-refractivity contribution >= 4 is 11.9 Å². The summed E-state index contributed by atoms with van der Waals surface area (Å²) < 4.78 is 10.4. The predicted octanol–water partition coefficient (Wildman–Crippen LogP) is 3.94. The van der Waals surface area contributed by atoms with Gasteiger partial charge in [-0.15, -0.1) is 0 Å². The molecule has 0 saturated heterocycles. The van der Waals surface area contributed by atoms with Crippen molar-refractivity contribution in [2.45, 2.75) is 32.7 Å². The zero-order valence-corrected chi connectivity index (χ0v) is 16.7. The summed E-state index contributed by atoms with van der Waals surface area (Å²) in [7, 11) is 1.28. The van der Waals surface area contributed by atoms with Crippen LogP contribution < -0.4 is 15.8 Å². The molecule has 1 aromatic carbocycles. The highest BCUT2D eigenvalue weighted by molar-refractivity contribution is 5.84. The summed E-state index contributed by atoms with van der Waals surface area (Å²) in [5.41, 5.74) is 7.83. The number of nitrogens with zero attached hydrogens (tertiary/aromatic N) is 2. The number of hydrogen-bond acceptors (Lipinski definition) is 6. The van der Waals surface area contributed by atoms with Gasteiger partial charge in [-0.25, -0.2) is 9.78 Å². The number of pyridine rings is 1. The van der Waals surface area contributed by atoms with Crippen molar-refractivity contribution in [3.63, 3.8) is 0 Å². The molecule has 1 unspecified atom stereocenters. The number of hydrogen-bond donors (Lipinski definition) is 2. The third kappa shape index (κ3) is 5.96. The minimum Gasteiger partial charge on any atom is -0.490 e. The van der Waals surface area contributed by atoms with E-state index in [2.05, 4.69) is 35.0 Å². The smallest absolute Gasteiger partial charge is 0.412 e. The second-order valence-corrected chi connectivity index (χ2v) is 7.41. The Hall–Kier alpha value is -3.11. The molecular formula is C21H26N4O3. The van der Waals surface area contributed by atoms with Crippen LogP contribution in [-0.4, -0.2) is 30.3 Å². The Morgan fingerprint density at radius 3 is 2.68 bits per heavy atom. The standard InChI is InChI=1S/C21H26N4O3/c1-14(2)11-21(3,23)13-28-18-6-5-15(9-17(18)12-22)16-7-8-24-19(10-16)25-20(26)27-4/h5-10,14H,11,13,23H2,1-4H3,(H,24,25,26). The molecule has 0 saturated carbocycles. The van der Waals surface area contributed by atoms with Gasteiger partial charge in [-0.3, -0.25) is 5.32 Å². The van der Waals surface area contributed by atoms with Crippen LogP contribution in [0.1, 0.15) is 32.8 Å². The third-order valence-electron chi connectivity index (χ3n) is 4.04. The van der Waals surface area contributed by atoms with E-state index in [0.717, 1.165) is 17.5 Å². The largest absolute Gasteiger partial charge is 0.490 e. The van der Waals surface area contributed by atoms with Gasteiger partial charge in [-0.05, 0) is 54.7 Å². The highest BCUT2D eigenvalue weighted by atomic mass is 16.5. The van der Waals surface area contributed by atoms with E-state index in [1.54, 1.807) is 30.5 Å². The Kier molecular flexibility index (Phi) is 6.96. The molecule has 2 aromatic rings. The fraction of sp³-hybridized carbons (Fsp3) is 0.381. The van der Waals surface area contributed by atoms with Crippen molar-refractivity contribution in [3.8, 4) is 22.9 Å². The molecule has 0 bridgehead atoms. The molecule has 0 radical (unpaired) electrons. The van der Waals surface area contributed by atoms with Gasteiger partial charge in [0.2, 0.25) is 0 Å². The van der Waals surface area contributed by atoms with Gasteiger partial charge in [-0.1, -0.05) is 19.9 Å². The SMILES string of the molecule is COC(=O)Nc1cc(-c2ccc(OCC(C)(N)CC(C)C)c(C#N)c2)ccn1. The van der Waals surface area contributed by atoms with Crippen molar-refractivity contribution in [2.24, 2.45) is 11.7 Å². The van der Waals surface area contributed by atoms with Gasteiger partial charge < -0.3 is 15.2 Å².